The summed E-state index contributed by atoms with van der Waals surface area (Å²) in [5, 5.41) is 11.4. The van der Waals surface area contributed by atoms with Gasteiger partial charge in [0.2, 0.25) is 0 Å². The normalized spacial score (nSPS) is 17.9. The van der Waals surface area contributed by atoms with Gasteiger partial charge in [-0.05, 0) is 41.9 Å². The van der Waals surface area contributed by atoms with E-state index in [-0.39, 0.29) is 6.61 Å². The van der Waals surface area contributed by atoms with Crippen LogP contribution in [0.4, 0.5) is 0 Å². The van der Waals surface area contributed by atoms with E-state index >= 15 is 0 Å². The second-order valence-corrected chi connectivity index (χ2v) is 4.43. The van der Waals surface area contributed by atoms with E-state index in [1.54, 1.807) is 6.08 Å². The predicted molar refractivity (Wildman–Crippen MR) is 72.8 cm³/mol. The smallest absolute Gasteiger partial charge is 0.0615 e. The molecule has 17 heavy (non-hydrogen) atoms. The van der Waals surface area contributed by atoms with Crippen molar-refractivity contribution in [1.29, 1.82) is 0 Å². The fourth-order valence-electron chi connectivity index (χ4n) is 2.30. The van der Waals surface area contributed by atoms with Crippen molar-refractivity contribution in [1.82, 2.24) is 0 Å². The van der Waals surface area contributed by atoms with Crippen molar-refractivity contribution >= 4 is 11.1 Å². The van der Waals surface area contributed by atoms with Crippen molar-refractivity contribution in [2.75, 3.05) is 6.61 Å². The Balaban J connectivity index is 2.58. The predicted octanol–water partition coefficient (Wildman–Crippen LogP) is 1.91. The van der Waals surface area contributed by atoms with Gasteiger partial charge in [-0.15, -0.1) is 0 Å². The Hall–Kier alpha value is -1.60. The van der Waals surface area contributed by atoms with Gasteiger partial charge >= 0.3 is 0 Å². The van der Waals surface area contributed by atoms with Gasteiger partial charge in [-0.2, -0.15) is 0 Å². The lowest BCUT2D eigenvalue weighted by Gasteiger charge is -2.15. The minimum Gasteiger partial charge on any atom is -0.392 e. The van der Waals surface area contributed by atoms with Crippen LogP contribution in [0.3, 0.4) is 0 Å². The number of aliphatic hydroxyl groups excluding tert-OH is 1. The lowest BCUT2D eigenvalue weighted by molar-refractivity contribution is 0.343. The molecule has 0 saturated heterocycles. The van der Waals surface area contributed by atoms with Crippen molar-refractivity contribution in [2.45, 2.75) is 20.3 Å². The van der Waals surface area contributed by atoms with Crippen molar-refractivity contribution in [3.63, 3.8) is 0 Å². The molecule has 0 heterocycles. The first kappa shape index (κ1) is 11.9. The van der Waals surface area contributed by atoms with E-state index in [2.05, 4.69) is 44.2 Å². The molecule has 0 bridgehead atoms. The lowest BCUT2D eigenvalue weighted by atomic mass is 9.90. The van der Waals surface area contributed by atoms with Crippen LogP contribution in [0.25, 0.3) is 11.1 Å². The third kappa shape index (κ3) is 2.40. The molecule has 0 radical (unpaired) electrons. The van der Waals surface area contributed by atoms with Gasteiger partial charge in [-0.3, -0.25) is 0 Å². The van der Waals surface area contributed by atoms with Crippen molar-refractivity contribution in [3.8, 4) is 0 Å². The van der Waals surface area contributed by atoms with Crippen molar-refractivity contribution in [3.05, 3.63) is 58.5 Å². The van der Waals surface area contributed by atoms with Crippen LogP contribution in [0.2, 0.25) is 0 Å². The summed E-state index contributed by atoms with van der Waals surface area (Å²) < 4.78 is 0. The molecular formula is C16H18O. The van der Waals surface area contributed by atoms with Crippen molar-refractivity contribution in [2.24, 2.45) is 0 Å². The van der Waals surface area contributed by atoms with Gasteiger partial charge < -0.3 is 5.11 Å². The van der Waals surface area contributed by atoms with E-state index in [4.69, 9.17) is 5.11 Å². The highest BCUT2D eigenvalue weighted by atomic mass is 16.2. The zero-order chi connectivity index (χ0) is 12.3. The summed E-state index contributed by atoms with van der Waals surface area (Å²) in [5.41, 5.74) is 4.09. The first-order chi connectivity index (χ1) is 8.24. The fraction of sp³-hybridized carbons (Fsp3) is 0.250. The van der Waals surface area contributed by atoms with Gasteiger partial charge in [-0.1, -0.05) is 48.1 Å². The Morgan fingerprint density at radius 3 is 2.59 bits per heavy atom. The van der Waals surface area contributed by atoms with Crippen LogP contribution in [-0.4, -0.2) is 11.7 Å². The Morgan fingerprint density at radius 2 is 1.88 bits per heavy atom. The molecule has 1 aromatic carbocycles. The Morgan fingerprint density at radius 1 is 1.18 bits per heavy atom. The average molecular weight is 226 g/mol. The second kappa shape index (κ2) is 5.15. The third-order valence-electron chi connectivity index (χ3n) is 3.27. The quantitative estimate of drug-likeness (QED) is 0.816. The number of hydrogen-bond donors (Lipinski definition) is 1. The van der Waals surface area contributed by atoms with Gasteiger partial charge in [-0.25, -0.2) is 0 Å². The minimum absolute atomic E-state index is 0.0993. The van der Waals surface area contributed by atoms with E-state index in [0.717, 1.165) is 6.42 Å². The molecule has 0 spiro atoms. The van der Waals surface area contributed by atoms with Crippen LogP contribution in [0.5, 0.6) is 0 Å². The van der Waals surface area contributed by atoms with Crippen LogP contribution in [0.15, 0.2) is 48.1 Å². The molecule has 0 unspecified atom stereocenters. The molecule has 1 aromatic rings. The topological polar surface area (TPSA) is 20.2 Å². The van der Waals surface area contributed by atoms with Gasteiger partial charge in [0.05, 0.1) is 6.61 Å². The maximum Gasteiger partial charge on any atom is 0.0615 e. The molecule has 0 saturated carbocycles. The largest absolute Gasteiger partial charge is 0.392 e. The molecule has 0 amide bonds. The standard InChI is InChI=1S/C16H18O/c1-12-11-14(7-5-6-10-17)13(2)16-9-4-3-8-15(12)16/h3-9,17H,10-11H2,1-2H3/b6-5-,14-7+. The van der Waals surface area contributed by atoms with Crippen LogP contribution >= 0.6 is 0 Å². The highest BCUT2D eigenvalue weighted by Crippen LogP contribution is 2.20. The molecule has 0 aromatic heterocycles. The summed E-state index contributed by atoms with van der Waals surface area (Å²) in [6.07, 6.45) is 6.79. The van der Waals surface area contributed by atoms with Crippen LogP contribution in [-0.2, 0) is 0 Å². The molecule has 0 atom stereocenters. The zero-order valence-electron chi connectivity index (χ0n) is 10.4. The summed E-state index contributed by atoms with van der Waals surface area (Å²) in [7, 11) is 0. The number of fused-ring (bicyclic) bond motifs is 1. The van der Waals surface area contributed by atoms with E-state index < -0.39 is 0 Å². The second-order valence-electron chi connectivity index (χ2n) is 4.43. The molecular weight excluding hydrogens is 208 g/mol. The molecule has 0 aliphatic heterocycles. The summed E-state index contributed by atoms with van der Waals surface area (Å²) in [6.45, 7) is 4.46. The Kier molecular flexibility index (Phi) is 3.60. The molecule has 88 valence electrons. The van der Waals surface area contributed by atoms with Gasteiger partial charge in [0, 0.05) is 0 Å². The molecule has 1 nitrogen and oxygen atoms in total. The maximum absolute atomic E-state index is 8.74. The number of rotatable bonds is 2. The molecule has 1 aliphatic carbocycles. The van der Waals surface area contributed by atoms with Crippen LogP contribution in [0.1, 0.15) is 20.3 Å². The van der Waals surface area contributed by atoms with Crippen molar-refractivity contribution < 1.29 is 5.11 Å². The summed E-state index contributed by atoms with van der Waals surface area (Å²) in [4.78, 5) is 0. The van der Waals surface area contributed by atoms with E-state index in [9.17, 15) is 0 Å². The number of benzene rings is 1. The van der Waals surface area contributed by atoms with E-state index in [0.29, 0.717) is 0 Å². The number of allylic oxidation sites excluding steroid dienone is 3. The molecule has 1 aliphatic rings. The summed E-state index contributed by atoms with van der Waals surface area (Å²) >= 11 is 0. The van der Waals surface area contributed by atoms with Gasteiger partial charge in [0.15, 0.2) is 0 Å². The first-order valence-corrected chi connectivity index (χ1v) is 5.96. The minimum atomic E-state index is 0.0993. The molecule has 0 fully saturated rings. The summed E-state index contributed by atoms with van der Waals surface area (Å²) in [6, 6.07) is 8.55. The molecule has 2 rings (SSSR count). The molecule has 1 heteroatoms. The fourth-order valence-corrected chi connectivity index (χ4v) is 2.30. The Bertz CT molecular complexity index is 588. The van der Waals surface area contributed by atoms with Gasteiger partial charge in [0.25, 0.3) is 0 Å². The van der Waals surface area contributed by atoms with Gasteiger partial charge in [0.1, 0.15) is 0 Å². The first-order valence-electron chi connectivity index (χ1n) is 5.96. The number of hydrogen-bond acceptors (Lipinski definition) is 1. The SMILES string of the molecule is CC1=c2ccccc2=C(C)/C(=C/C=C\CO)C1. The van der Waals surface area contributed by atoms with Crippen LogP contribution < -0.4 is 10.4 Å². The highest BCUT2D eigenvalue weighted by molar-refractivity contribution is 5.71. The third-order valence-corrected chi connectivity index (χ3v) is 3.27. The maximum atomic E-state index is 8.74. The van der Waals surface area contributed by atoms with E-state index in [1.165, 1.54) is 27.2 Å². The highest BCUT2D eigenvalue weighted by Gasteiger charge is 2.08. The monoisotopic (exact) mass is 226 g/mol. The average Bonchev–Trinajstić information content (AvgIpc) is 2.36. The number of aliphatic hydroxyl groups is 1. The van der Waals surface area contributed by atoms with Crippen LogP contribution in [0, 0.1) is 0 Å². The lowest BCUT2D eigenvalue weighted by Crippen LogP contribution is -2.31. The summed E-state index contributed by atoms with van der Waals surface area (Å²) in [5.74, 6) is 0. The molecule has 1 N–H and O–H groups in total. The van der Waals surface area contributed by atoms with E-state index in [1.807, 2.05) is 6.08 Å². The zero-order valence-corrected chi connectivity index (χ0v) is 10.4. The Labute approximate surface area is 102 Å².